The molecule has 1 fully saturated rings. The molecule has 1 aromatic carbocycles. The number of carbonyl (C=O) groups is 2. The number of aromatic nitrogens is 2. The molecule has 0 saturated carbocycles. The van der Waals surface area contributed by atoms with E-state index in [9.17, 15) is 9.59 Å². The van der Waals surface area contributed by atoms with Gasteiger partial charge in [-0.1, -0.05) is 26.0 Å². The molecule has 1 saturated heterocycles. The summed E-state index contributed by atoms with van der Waals surface area (Å²) < 4.78 is 4.70. The van der Waals surface area contributed by atoms with Crippen molar-refractivity contribution in [3.8, 4) is 11.3 Å². The molecule has 8 heteroatoms. The molecule has 0 aliphatic carbocycles. The zero-order valence-corrected chi connectivity index (χ0v) is 18.4. The second kappa shape index (κ2) is 8.53. The molecule has 1 aromatic heterocycles. The van der Waals surface area contributed by atoms with E-state index in [-0.39, 0.29) is 17.9 Å². The number of H-pyrrole nitrogens is 1. The predicted molar refractivity (Wildman–Crippen MR) is 118 cm³/mol. The van der Waals surface area contributed by atoms with Crippen LogP contribution < -0.4 is 5.32 Å². The maximum atomic E-state index is 13.3. The number of fused-ring (bicyclic) bond motifs is 1. The van der Waals surface area contributed by atoms with Crippen LogP contribution in [0.1, 0.15) is 49.7 Å². The van der Waals surface area contributed by atoms with Gasteiger partial charge in [0.05, 0.1) is 30.7 Å². The van der Waals surface area contributed by atoms with Crippen molar-refractivity contribution in [1.82, 2.24) is 20.2 Å². The number of nitrogens with zero attached hydrogens (tertiary/aromatic N) is 3. The number of carbonyl (C=O) groups excluding carboxylic acids is 2. The molecule has 2 amide bonds. The van der Waals surface area contributed by atoms with Crippen molar-refractivity contribution in [2.75, 3.05) is 13.7 Å². The van der Waals surface area contributed by atoms with E-state index in [0.717, 1.165) is 42.0 Å². The third-order valence-electron chi connectivity index (χ3n) is 6.16. The molecule has 31 heavy (non-hydrogen) atoms. The number of benzene rings is 1. The first kappa shape index (κ1) is 21.1. The zero-order chi connectivity index (χ0) is 22.1. The molecule has 0 radical (unpaired) electrons. The molecule has 2 N–H and O–H groups in total. The topological polar surface area (TPSA) is 99.7 Å². The Morgan fingerprint density at radius 2 is 2.13 bits per heavy atom. The zero-order valence-electron chi connectivity index (χ0n) is 18.4. The van der Waals surface area contributed by atoms with Crippen LogP contribution >= 0.6 is 0 Å². The average molecular weight is 424 g/mol. The summed E-state index contributed by atoms with van der Waals surface area (Å²) in [6, 6.07) is 3.39. The maximum Gasteiger partial charge on any atom is 0.407 e. The van der Waals surface area contributed by atoms with Crippen LogP contribution in [0.3, 0.4) is 0 Å². The summed E-state index contributed by atoms with van der Waals surface area (Å²) in [5.41, 5.74) is 5.41. The Morgan fingerprint density at radius 3 is 2.87 bits per heavy atom. The molecular weight excluding hydrogens is 394 g/mol. The normalized spacial score (nSPS) is 18.4. The minimum atomic E-state index is -0.641. The monoisotopic (exact) mass is 423 g/mol. The summed E-state index contributed by atoms with van der Waals surface area (Å²) in [5.74, 6) is 0.590. The van der Waals surface area contributed by atoms with Gasteiger partial charge in [0.2, 0.25) is 5.91 Å². The predicted octanol–water partition coefficient (Wildman–Crippen LogP) is 3.69. The summed E-state index contributed by atoms with van der Waals surface area (Å²) >= 11 is 0. The quantitative estimate of drug-likeness (QED) is 0.766. The van der Waals surface area contributed by atoms with Crippen LogP contribution in [0, 0.1) is 12.8 Å². The van der Waals surface area contributed by atoms with Crippen molar-refractivity contribution in [2.24, 2.45) is 10.9 Å². The van der Waals surface area contributed by atoms with Crippen molar-refractivity contribution < 1.29 is 14.3 Å². The van der Waals surface area contributed by atoms with Crippen LogP contribution in [0.2, 0.25) is 0 Å². The Morgan fingerprint density at radius 1 is 1.32 bits per heavy atom. The number of alkyl carbamates (subject to hydrolysis) is 1. The molecule has 0 spiro atoms. The van der Waals surface area contributed by atoms with Gasteiger partial charge in [0.15, 0.2) is 0 Å². The van der Waals surface area contributed by atoms with Gasteiger partial charge in [-0.05, 0) is 36.8 Å². The smallest absolute Gasteiger partial charge is 0.407 e. The van der Waals surface area contributed by atoms with Gasteiger partial charge < -0.3 is 19.9 Å². The van der Waals surface area contributed by atoms with Crippen molar-refractivity contribution in [2.45, 2.75) is 52.1 Å². The molecule has 2 atom stereocenters. The highest BCUT2D eigenvalue weighted by Crippen LogP contribution is 2.38. The van der Waals surface area contributed by atoms with Crippen molar-refractivity contribution in [1.29, 1.82) is 0 Å². The number of methoxy groups -OCH3 is 1. The van der Waals surface area contributed by atoms with Gasteiger partial charge in [-0.3, -0.25) is 9.79 Å². The van der Waals surface area contributed by atoms with E-state index in [1.54, 1.807) is 0 Å². The minimum absolute atomic E-state index is 0.0620. The fraction of sp³-hybridized carbons (Fsp3) is 0.478. The first-order valence-corrected chi connectivity index (χ1v) is 10.8. The summed E-state index contributed by atoms with van der Waals surface area (Å²) in [7, 11) is 1.30. The fourth-order valence-electron chi connectivity index (χ4n) is 4.42. The standard InChI is InChI=1S/C23H29N5O3/c1-13(2)19(27-23(30)31-4)22(29)28-11-5-6-18(28)21-25-12-17(26-21)16-8-7-14(3)15-9-10-24-20(15)16/h7-8,10,12-13,18-19H,5-6,9,11H2,1-4H3,(H,25,26)(H,27,30)/t18-,19-/m0/s1. The van der Waals surface area contributed by atoms with Gasteiger partial charge >= 0.3 is 6.09 Å². The number of aryl methyl sites for hydroxylation is 1. The number of rotatable bonds is 5. The van der Waals surface area contributed by atoms with Crippen LogP contribution in [0.5, 0.6) is 0 Å². The van der Waals surface area contributed by atoms with Crippen LogP contribution in [-0.4, -0.2) is 52.8 Å². The Bertz CT molecular complexity index is 1030. The first-order chi connectivity index (χ1) is 14.9. The number of nitrogens with one attached hydrogen (secondary N) is 2. The van der Waals surface area contributed by atoms with Crippen molar-refractivity contribution in [3.63, 3.8) is 0 Å². The SMILES string of the molecule is COC(=O)N[C@H](C(=O)N1CCC[C@H]1c1ncc(-c2ccc(C)c3c2N=CC3)[nH]1)C(C)C. The molecule has 3 heterocycles. The summed E-state index contributed by atoms with van der Waals surface area (Å²) in [6.45, 7) is 6.56. The molecule has 2 aliphatic heterocycles. The average Bonchev–Trinajstić information content (AvgIpc) is 3.51. The lowest BCUT2D eigenvalue weighted by Gasteiger charge is -2.30. The minimum Gasteiger partial charge on any atom is -0.453 e. The molecule has 0 unspecified atom stereocenters. The van der Waals surface area contributed by atoms with E-state index in [4.69, 9.17) is 4.74 Å². The third-order valence-corrected chi connectivity index (χ3v) is 6.16. The Hall–Kier alpha value is -3.16. The van der Waals surface area contributed by atoms with Crippen molar-refractivity contribution in [3.05, 3.63) is 35.3 Å². The van der Waals surface area contributed by atoms with Crippen molar-refractivity contribution >= 4 is 23.9 Å². The lowest BCUT2D eigenvalue weighted by Crippen LogP contribution is -2.51. The number of hydrogen-bond acceptors (Lipinski definition) is 5. The van der Waals surface area contributed by atoms with E-state index >= 15 is 0 Å². The number of amides is 2. The molecular formula is C23H29N5O3. The second-order valence-corrected chi connectivity index (χ2v) is 8.50. The molecule has 8 nitrogen and oxygen atoms in total. The van der Waals surface area contributed by atoms with Crippen LogP contribution in [0.25, 0.3) is 11.3 Å². The Labute approximate surface area is 182 Å². The number of hydrogen-bond donors (Lipinski definition) is 2. The number of likely N-dealkylation sites (tertiary alicyclic amines) is 1. The lowest BCUT2D eigenvalue weighted by atomic mass is 10.00. The number of imidazole rings is 1. The van der Waals surface area contributed by atoms with Gasteiger partial charge in [0.25, 0.3) is 0 Å². The van der Waals surface area contributed by atoms with Gasteiger partial charge in [0, 0.05) is 24.7 Å². The van der Waals surface area contributed by atoms with E-state index in [2.05, 4.69) is 39.3 Å². The van der Waals surface area contributed by atoms with E-state index in [1.165, 1.54) is 18.2 Å². The van der Waals surface area contributed by atoms with E-state index < -0.39 is 12.1 Å². The molecule has 2 aliphatic rings. The fourth-order valence-corrected chi connectivity index (χ4v) is 4.42. The van der Waals surface area contributed by atoms with Crippen LogP contribution in [-0.2, 0) is 16.0 Å². The number of aliphatic imine (C=N–C) groups is 1. The van der Waals surface area contributed by atoms with Gasteiger partial charge in [0.1, 0.15) is 11.9 Å². The molecule has 4 rings (SSSR count). The molecule has 164 valence electrons. The number of aromatic amines is 1. The summed E-state index contributed by atoms with van der Waals surface area (Å²) in [5, 5.41) is 2.68. The summed E-state index contributed by atoms with van der Waals surface area (Å²) in [4.78, 5) is 39.5. The highest BCUT2D eigenvalue weighted by Gasteiger charge is 2.37. The van der Waals surface area contributed by atoms with Gasteiger partial charge in [-0.2, -0.15) is 0 Å². The van der Waals surface area contributed by atoms with Crippen LogP contribution in [0.15, 0.2) is 23.3 Å². The Kier molecular flexibility index (Phi) is 5.80. The van der Waals surface area contributed by atoms with Crippen LogP contribution in [0.4, 0.5) is 10.5 Å². The maximum absolute atomic E-state index is 13.3. The molecule has 0 bridgehead atoms. The first-order valence-electron chi connectivity index (χ1n) is 10.8. The third kappa shape index (κ3) is 3.94. The van der Waals surface area contributed by atoms with Gasteiger partial charge in [-0.25, -0.2) is 9.78 Å². The van der Waals surface area contributed by atoms with Gasteiger partial charge in [-0.15, -0.1) is 0 Å². The largest absolute Gasteiger partial charge is 0.453 e. The van der Waals surface area contributed by atoms with E-state index in [1.807, 2.05) is 31.2 Å². The lowest BCUT2D eigenvalue weighted by molar-refractivity contribution is -0.135. The number of ether oxygens (including phenoxy) is 1. The summed E-state index contributed by atoms with van der Waals surface area (Å²) in [6.07, 6.45) is 5.73. The second-order valence-electron chi connectivity index (χ2n) is 8.50. The Balaban J connectivity index is 1.59. The highest BCUT2D eigenvalue weighted by molar-refractivity contribution is 5.87. The molecule has 2 aromatic rings. The van der Waals surface area contributed by atoms with E-state index in [0.29, 0.717) is 6.54 Å². The highest BCUT2D eigenvalue weighted by atomic mass is 16.5.